The predicted octanol–water partition coefficient (Wildman–Crippen LogP) is 14.2. The number of alkyl halides is 4. The van der Waals surface area contributed by atoms with Crippen LogP contribution < -0.4 is 38.9 Å². The number of carbonyl (C=O) groups excluding carboxylic acids is 3. The lowest BCUT2D eigenvalue weighted by atomic mass is 9.99. The number of benzene rings is 4. The van der Waals surface area contributed by atoms with E-state index in [1.807, 2.05) is 42.3 Å². The normalized spacial score (nSPS) is 20.7. The number of thioether (sulfide) groups is 1. The van der Waals surface area contributed by atoms with Crippen LogP contribution in [0.4, 0.5) is 65.2 Å². The number of anilines is 6. The summed E-state index contributed by atoms with van der Waals surface area (Å²) in [6, 6.07) is 30.8. The molecule has 17 rings (SSSR count). The van der Waals surface area contributed by atoms with Gasteiger partial charge in [0.15, 0.2) is 22.6 Å². The number of nitriles is 3. The number of piperazine rings is 3. The molecule has 8 aromatic rings. The molecule has 0 spiro atoms. The topological polar surface area (TPSA) is 270 Å². The smallest absolute Gasteiger partial charge is 0.419 e. The number of amides is 3. The van der Waals surface area contributed by atoms with Crippen molar-refractivity contribution in [3.8, 4) is 30.2 Å². The number of fused-ring (bicyclic) bond motifs is 5. The highest BCUT2D eigenvalue weighted by Crippen LogP contribution is 2.45. The van der Waals surface area contributed by atoms with Crippen molar-refractivity contribution in [3.63, 3.8) is 0 Å². The van der Waals surface area contributed by atoms with Gasteiger partial charge < -0.3 is 63.4 Å². The lowest BCUT2D eigenvalue weighted by Crippen LogP contribution is -2.55. The Kier molecular flexibility index (Phi) is 30.2. The Hall–Kier alpha value is -11.4. The Morgan fingerprint density at radius 1 is 0.496 bits per heavy atom. The summed E-state index contributed by atoms with van der Waals surface area (Å²) in [6.45, 7) is 20.9. The molecule has 0 aliphatic carbocycles. The number of pyridine rings is 1. The molecular weight excluding hydrogens is 1750 g/mol. The molecule has 4 aromatic carbocycles. The third-order valence-corrected chi connectivity index (χ3v) is 28.0. The van der Waals surface area contributed by atoms with Crippen molar-refractivity contribution in [1.29, 1.82) is 15.8 Å². The number of hydrogen-bond donors (Lipinski definition) is 0. The second-order valence-corrected chi connectivity index (χ2v) is 36.3. The largest absolute Gasteiger partial charge is 0.462 e. The number of aryl methyl sites for hydroxylation is 1. The van der Waals surface area contributed by atoms with Crippen LogP contribution >= 0.6 is 35.0 Å². The molecule has 0 bridgehead atoms. The summed E-state index contributed by atoms with van der Waals surface area (Å²) in [6.07, 6.45) is 5.61. The molecule has 0 saturated carbocycles. The third kappa shape index (κ3) is 21.2. The fraction of sp³-hybridized carbons (Fsp3) is 0.479. The molecule has 9 aliphatic rings. The first-order valence-electron chi connectivity index (χ1n) is 44.4. The van der Waals surface area contributed by atoms with Gasteiger partial charge in [-0.2, -0.15) is 48.9 Å². The molecule has 6 fully saturated rings. The standard InChI is InChI=1S/C33H36ClF2N7O2.C33H38FN7OS.C28H31ClF4N8O2/c1-22(36)32(44)43-18-17-42(19-24(43)10-13-37)31-26-11-15-41(29-9-3-6-23-5-2-8-27(34)30(23)29)20-28(26)38-33(39-31)45-21-25-7-4-14-40(25)16-12-35;1-22-7-4-8-24-9-5-11-29(30(22)24)39-16-13-27-28(20-39)36-33(43-21-26-10-6-15-38(26)3)37-31(27)40-17-18-41(32(42)23(2)34)25(19-40)12-14-35;1-17(30)26(42)41-11-10-40(14-18(41)5-7-34)25-20-6-9-39(23-13-35-12-21(29)24(23)28(31,32)33)15-22(20)36-27(37-25)43-16-19-4-3-8-38(19)2/h2-3,5-6,8-9,24-25H,1,4,7,10-12,14-21H2;4-5,7-9,11,25-26H,2,6,10,12-13,15-21H2,1,3H3;12-13,18-19H,1,3-6,8-11,14-16H2,2H3/t24-,25-;25-,26-;18-,19-/m000/s1. The quantitative estimate of drug-likeness (QED) is 0.0249. The van der Waals surface area contributed by atoms with E-state index < -0.39 is 76.8 Å². The number of carbonyl (C=O) groups is 3. The van der Waals surface area contributed by atoms with Crippen LogP contribution in [0, 0.1) is 40.9 Å². The van der Waals surface area contributed by atoms with Gasteiger partial charge in [-0.3, -0.25) is 24.3 Å². The van der Waals surface area contributed by atoms with Crippen molar-refractivity contribution >= 4 is 109 Å². The molecule has 3 amide bonds. The molecule has 27 nitrogen and oxygen atoms in total. The summed E-state index contributed by atoms with van der Waals surface area (Å²) in [5.41, 5.74) is 7.57. The first-order chi connectivity index (χ1) is 63.2. The molecule has 131 heavy (non-hydrogen) atoms. The lowest BCUT2D eigenvalue weighted by Gasteiger charge is -2.42. The van der Waals surface area contributed by atoms with E-state index in [4.69, 9.17) is 57.6 Å². The Balaban J connectivity index is 0.000000151. The van der Waals surface area contributed by atoms with Gasteiger partial charge >= 0.3 is 18.2 Å². The Morgan fingerprint density at radius 2 is 0.924 bits per heavy atom. The SMILES string of the molecule is C=C(F)C(=O)N1CCN(c2nc(OC[C@@H]3CCCN3C)nc3c2CCN(c2cncc(Cl)c2C(F)(F)F)C3)C[C@@H]1CC#N.C=C(F)C(=O)N1CCN(c2nc(OC[C@@H]3CCCN3CCF)nc3c2CCN(c2cccc4cccc(Cl)c24)C3)C[C@@H]1CC#N.C=C(F)C(=O)N1CCN(c2nc(SC[C@@H]3CCCN3C)nc3c2CCN(c2cccc4cccc(C)c24)C3)C[C@@H]1CC#N. The second-order valence-electron chi connectivity index (χ2n) is 34.5. The molecule has 690 valence electrons. The van der Waals surface area contributed by atoms with Gasteiger partial charge in [0.1, 0.15) is 42.9 Å². The predicted molar refractivity (Wildman–Crippen MR) is 490 cm³/mol. The Morgan fingerprint density at radius 3 is 1.39 bits per heavy atom. The van der Waals surface area contributed by atoms with Gasteiger partial charge in [0.25, 0.3) is 17.7 Å². The molecule has 13 heterocycles. The lowest BCUT2D eigenvalue weighted by molar-refractivity contribution is -0.137. The van der Waals surface area contributed by atoms with Gasteiger partial charge in [0, 0.05) is 154 Å². The van der Waals surface area contributed by atoms with E-state index in [-0.39, 0.29) is 88.3 Å². The number of hydrogen-bond acceptors (Lipinski definition) is 25. The summed E-state index contributed by atoms with van der Waals surface area (Å²) < 4.78 is 109. The van der Waals surface area contributed by atoms with Crippen LogP contribution in [0.1, 0.15) is 103 Å². The van der Waals surface area contributed by atoms with Crippen LogP contribution in [0.2, 0.25) is 10.0 Å². The number of likely N-dealkylation sites (N-methyl/N-ethyl adjacent to an activating group) is 1. The van der Waals surface area contributed by atoms with E-state index in [0.29, 0.717) is 113 Å². The van der Waals surface area contributed by atoms with E-state index in [2.05, 4.69) is 139 Å². The van der Waals surface area contributed by atoms with Crippen molar-refractivity contribution in [3.05, 3.63) is 177 Å². The fourth-order valence-electron chi connectivity index (χ4n) is 19.6. The number of rotatable bonds is 23. The monoisotopic (exact) mass is 1860 g/mol. The Labute approximate surface area is 771 Å². The zero-order valence-corrected chi connectivity index (χ0v) is 75.9. The molecule has 9 aliphatic heterocycles. The first-order valence-corrected chi connectivity index (χ1v) is 46.1. The zero-order valence-electron chi connectivity index (χ0n) is 73.6. The highest BCUT2D eigenvalue weighted by Gasteiger charge is 2.43. The summed E-state index contributed by atoms with van der Waals surface area (Å²) >= 11 is 14.3. The molecule has 4 aromatic heterocycles. The number of ether oxygens (including phenoxy) is 2. The van der Waals surface area contributed by atoms with E-state index in [1.54, 1.807) is 11.8 Å². The third-order valence-electron chi connectivity index (χ3n) is 26.4. The molecule has 37 heteroatoms. The van der Waals surface area contributed by atoms with E-state index in [1.165, 1.54) is 54.5 Å². The van der Waals surface area contributed by atoms with Gasteiger partial charge in [-0.25, -0.2) is 27.5 Å². The number of likely N-dealkylation sites (tertiary alicyclic amines) is 3. The molecule has 0 unspecified atom stereocenters. The maximum Gasteiger partial charge on any atom is 0.419 e. The Bertz CT molecular complexity index is 5740. The average Bonchev–Trinajstić information content (AvgIpc) is 1.47. The summed E-state index contributed by atoms with van der Waals surface area (Å²) in [5.74, 6) is -2.48. The minimum atomic E-state index is -4.69. The van der Waals surface area contributed by atoms with Crippen LogP contribution in [0.5, 0.6) is 12.0 Å². The first kappa shape index (κ1) is 94.3. The van der Waals surface area contributed by atoms with Gasteiger partial charge in [0.05, 0.1) is 114 Å². The van der Waals surface area contributed by atoms with Crippen LogP contribution in [0.3, 0.4) is 0 Å². The van der Waals surface area contributed by atoms with Gasteiger partial charge in [-0.05, 0) is 133 Å². The van der Waals surface area contributed by atoms with E-state index >= 15 is 0 Å². The van der Waals surface area contributed by atoms with Crippen LogP contribution in [-0.4, -0.2) is 263 Å². The van der Waals surface area contributed by atoms with Crippen LogP contribution in [0.15, 0.2) is 128 Å². The summed E-state index contributed by atoms with van der Waals surface area (Å²) in [4.78, 5) is 94.0. The molecule has 6 atom stereocenters. The van der Waals surface area contributed by atoms with E-state index in [0.717, 1.165) is 132 Å². The average molecular weight is 1860 g/mol. The maximum atomic E-state index is 14.0. The van der Waals surface area contributed by atoms with Crippen molar-refractivity contribution in [2.45, 2.75) is 151 Å². The molecule has 0 radical (unpaired) electrons. The summed E-state index contributed by atoms with van der Waals surface area (Å²) in [7, 11) is 4.20. The van der Waals surface area contributed by atoms with Crippen molar-refractivity contribution in [1.82, 2.24) is 64.3 Å². The van der Waals surface area contributed by atoms with Crippen molar-refractivity contribution < 1.29 is 54.6 Å². The highest BCUT2D eigenvalue weighted by molar-refractivity contribution is 7.99. The van der Waals surface area contributed by atoms with E-state index in [9.17, 15) is 60.9 Å². The number of nitrogens with zero attached hydrogens (tertiary/aromatic N) is 22. The second kappa shape index (κ2) is 42.0. The molecule has 6 saturated heterocycles. The minimum Gasteiger partial charge on any atom is -0.462 e. The molecular formula is C94H105Cl2F7N22O5S. The highest BCUT2D eigenvalue weighted by atomic mass is 35.5. The summed E-state index contributed by atoms with van der Waals surface area (Å²) in [5, 5.41) is 33.9. The van der Waals surface area contributed by atoms with Crippen LogP contribution in [-0.2, 0) is 59.5 Å². The number of halogens is 9. The maximum absolute atomic E-state index is 14.0. The van der Waals surface area contributed by atoms with Gasteiger partial charge in [-0.15, -0.1) is 0 Å². The fourth-order valence-corrected chi connectivity index (χ4v) is 21.3. The molecule has 0 N–H and O–H groups in total. The van der Waals surface area contributed by atoms with Crippen molar-refractivity contribution in [2.75, 3.05) is 174 Å². The minimum absolute atomic E-state index is 0.0252. The van der Waals surface area contributed by atoms with Gasteiger partial charge in [-0.1, -0.05) is 109 Å². The van der Waals surface area contributed by atoms with Crippen LogP contribution in [0.25, 0.3) is 21.5 Å². The number of aromatic nitrogens is 7. The van der Waals surface area contributed by atoms with Gasteiger partial charge in [0.2, 0.25) is 0 Å². The zero-order chi connectivity index (χ0) is 92.5. The van der Waals surface area contributed by atoms with Crippen molar-refractivity contribution in [2.24, 2.45) is 0 Å².